The number of carboxylic acids is 1. The van der Waals surface area contributed by atoms with Gasteiger partial charge in [-0.15, -0.1) is 0 Å². The molecule has 1 atom stereocenters. The molecule has 0 amide bonds. The summed E-state index contributed by atoms with van der Waals surface area (Å²) < 4.78 is 2.02. The Balaban J connectivity index is 1.87. The summed E-state index contributed by atoms with van der Waals surface area (Å²) in [6.45, 7) is 2.14. The van der Waals surface area contributed by atoms with E-state index in [9.17, 15) is 4.79 Å². The van der Waals surface area contributed by atoms with Gasteiger partial charge < -0.3 is 5.11 Å². The molecular weight excluding hydrogens is 218 g/mol. The van der Waals surface area contributed by atoms with Crippen LogP contribution >= 0.6 is 0 Å². The van der Waals surface area contributed by atoms with Crippen LogP contribution in [0.4, 0.5) is 0 Å². The Morgan fingerprint density at radius 3 is 3.00 bits per heavy atom. The molecule has 0 unspecified atom stereocenters. The molecule has 1 aliphatic rings. The molecule has 2 N–H and O–H groups in total. The van der Waals surface area contributed by atoms with E-state index in [0.29, 0.717) is 12.6 Å². The highest BCUT2D eigenvalue weighted by atomic mass is 16.4. The van der Waals surface area contributed by atoms with Gasteiger partial charge in [0, 0.05) is 12.7 Å². The lowest BCUT2D eigenvalue weighted by atomic mass is 10.3. The molecule has 1 saturated carbocycles. The van der Waals surface area contributed by atoms with Crippen molar-refractivity contribution in [3.63, 3.8) is 0 Å². The number of carbonyl (C=O) groups is 1. The van der Waals surface area contributed by atoms with Crippen LogP contribution in [0.3, 0.4) is 0 Å². The number of carboxylic acid groups (broad SMARTS) is 1. The SMILES string of the molecule is C[C@H](NCc1ccn(C2CCCC2)n1)C(=O)O. The Kier molecular flexibility index (Phi) is 3.78. The average Bonchev–Trinajstić information content (AvgIpc) is 2.95. The molecule has 1 heterocycles. The van der Waals surface area contributed by atoms with Crippen LogP contribution in [0.15, 0.2) is 12.3 Å². The molecule has 1 fully saturated rings. The van der Waals surface area contributed by atoms with E-state index in [1.54, 1.807) is 6.92 Å². The van der Waals surface area contributed by atoms with Crippen molar-refractivity contribution < 1.29 is 9.90 Å². The smallest absolute Gasteiger partial charge is 0.320 e. The number of rotatable bonds is 5. The van der Waals surface area contributed by atoms with Crippen molar-refractivity contribution in [3.05, 3.63) is 18.0 Å². The third-order valence-corrected chi connectivity index (χ3v) is 3.32. The van der Waals surface area contributed by atoms with Gasteiger partial charge >= 0.3 is 5.97 Å². The van der Waals surface area contributed by atoms with Gasteiger partial charge in [-0.3, -0.25) is 14.8 Å². The van der Waals surface area contributed by atoms with Crippen LogP contribution in [0.5, 0.6) is 0 Å². The van der Waals surface area contributed by atoms with Crippen molar-refractivity contribution in [1.29, 1.82) is 0 Å². The highest BCUT2D eigenvalue weighted by Crippen LogP contribution is 2.28. The Morgan fingerprint density at radius 1 is 1.65 bits per heavy atom. The van der Waals surface area contributed by atoms with E-state index < -0.39 is 12.0 Å². The molecule has 0 aliphatic heterocycles. The lowest BCUT2D eigenvalue weighted by Crippen LogP contribution is -2.33. The molecule has 17 heavy (non-hydrogen) atoms. The molecule has 1 aromatic rings. The van der Waals surface area contributed by atoms with Crippen LogP contribution in [0, 0.1) is 0 Å². The van der Waals surface area contributed by atoms with Crippen molar-refractivity contribution >= 4 is 5.97 Å². The number of nitrogens with one attached hydrogen (secondary N) is 1. The standard InChI is InChI=1S/C12H19N3O2/c1-9(12(16)17)13-8-10-6-7-15(14-10)11-4-2-3-5-11/h6-7,9,11,13H,2-5,8H2,1H3,(H,16,17)/t9-/m0/s1. The van der Waals surface area contributed by atoms with E-state index in [4.69, 9.17) is 5.11 Å². The van der Waals surface area contributed by atoms with Crippen molar-refractivity contribution in [1.82, 2.24) is 15.1 Å². The number of aliphatic carboxylic acids is 1. The number of aromatic nitrogens is 2. The first-order chi connectivity index (χ1) is 8.16. The molecule has 0 radical (unpaired) electrons. The summed E-state index contributed by atoms with van der Waals surface area (Å²) >= 11 is 0. The second-order valence-corrected chi connectivity index (χ2v) is 4.67. The molecule has 5 heteroatoms. The number of hydrogen-bond donors (Lipinski definition) is 2. The van der Waals surface area contributed by atoms with Gasteiger partial charge in [-0.25, -0.2) is 0 Å². The predicted molar refractivity (Wildman–Crippen MR) is 63.7 cm³/mol. The zero-order valence-electron chi connectivity index (χ0n) is 10.1. The summed E-state index contributed by atoms with van der Waals surface area (Å²) in [6, 6.07) is 1.96. The van der Waals surface area contributed by atoms with E-state index in [1.165, 1.54) is 25.7 Å². The van der Waals surface area contributed by atoms with Gasteiger partial charge in [0.2, 0.25) is 0 Å². The lowest BCUT2D eigenvalue weighted by molar-refractivity contribution is -0.139. The Morgan fingerprint density at radius 2 is 2.35 bits per heavy atom. The van der Waals surface area contributed by atoms with Crippen molar-refractivity contribution in [2.75, 3.05) is 0 Å². The summed E-state index contributed by atoms with van der Waals surface area (Å²) in [6.07, 6.45) is 6.99. The van der Waals surface area contributed by atoms with Gasteiger partial charge in [0.15, 0.2) is 0 Å². The van der Waals surface area contributed by atoms with Crippen LogP contribution < -0.4 is 5.32 Å². The van der Waals surface area contributed by atoms with Crippen LogP contribution in [-0.4, -0.2) is 26.9 Å². The fraction of sp³-hybridized carbons (Fsp3) is 0.667. The normalized spacial score (nSPS) is 18.4. The minimum Gasteiger partial charge on any atom is -0.480 e. The second kappa shape index (κ2) is 5.31. The molecule has 5 nitrogen and oxygen atoms in total. The Bertz CT molecular complexity index is 383. The first-order valence-corrected chi connectivity index (χ1v) is 6.17. The minimum atomic E-state index is -0.833. The van der Waals surface area contributed by atoms with Gasteiger partial charge in [-0.05, 0) is 25.8 Å². The van der Waals surface area contributed by atoms with Crippen molar-refractivity contribution in [2.45, 2.75) is 51.2 Å². The van der Waals surface area contributed by atoms with Crippen LogP contribution in [0.25, 0.3) is 0 Å². The van der Waals surface area contributed by atoms with E-state index in [-0.39, 0.29) is 0 Å². The zero-order chi connectivity index (χ0) is 12.3. The summed E-state index contributed by atoms with van der Waals surface area (Å²) in [4.78, 5) is 10.6. The lowest BCUT2D eigenvalue weighted by Gasteiger charge is -2.09. The summed E-state index contributed by atoms with van der Waals surface area (Å²) in [7, 11) is 0. The minimum absolute atomic E-state index is 0.507. The molecule has 1 aromatic heterocycles. The van der Waals surface area contributed by atoms with E-state index in [1.807, 2.05) is 16.9 Å². The first kappa shape index (κ1) is 12.1. The third-order valence-electron chi connectivity index (χ3n) is 3.32. The largest absolute Gasteiger partial charge is 0.480 e. The molecule has 0 bridgehead atoms. The monoisotopic (exact) mass is 237 g/mol. The summed E-state index contributed by atoms with van der Waals surface area (Å²) in [5.41, 5.74) is 0.907. The molecular formula is C12H19N3O2. The molecule has 94 valence electrons. The fourth-order valence-corrected chi connectivity index (χ4v) is 2.19. The zero-order valence-corrected chi connectivity index (χ0v) is 10.1. The van der Waals surface area contributed by atoms with Gasteiger partial charge in [0.1, 0.15) is 6.04 Å². The van der Waals surface area contributed by atoms with Gasteiger partial charge in [0.05, 0.1) is 11.7 Å². The molecule has 0 aromatic carbocycles. The van der Waals surface area contributed by atoms with E-state index in [2.05, 4.69) is 10.4 Å². The van der Waals surface area contributed by atoms with Gasteiger partial charge in [-0.1, -0.05) is 12.8 Å². The second-order valence-electron chi connectivity index (χ2n) is 4.67. The maximum absolute atomic E-state index is 10.6. The molecule has 2 rings (SSSR count). The highest BCUT2D eigenvalue weighted by molar-refractivity contribution is 5.72. The predicted octanol–water partition coefficient (Wildman–Crippen LogP) is 1.56. The van der Waals surface area contributed by atoms with Crippen LogP contribution in [0.1, 0.15) is 44.3 Å². The number of hydrogen-bond acceptors (Lipinski definition) is 3. The Labute approximate surface area is 101 Å². The first-order valence-electron chi connectivity index (χ1n) is 6.17. The molecule has 1 aliphatic carbocycles. The van der Waals surface area contributed by atoms with E-state index >= 15 is 0 Å². The fourth-order valence-electron chi connectivity index (χ4n) is 2.19. The van der Waals surface area contributed by atoms with Crippen molar-refractivity contribution in [3.8, 4) is 0 Å². The summed E-state index contributed by atoms with van der Waals surface area (Å²) in [5.74, 6) is -0.833. The quantitative estimate of drug-likeness (QED) is 0.815. The van der Waals surface area contributed by atoms with Crippen LogP contribution in [-0.2, 0) is 11.3 Å². The average molecular weight is 237 g/mol. The molecule has 0 spiro atoms. The van der Waals surface area contributed by atoms with Gasteiger partial charge in [0.25, 0.3) is 0 Å². The maximum atomic E-state index is 10.6. The highest BCUT2D eigenvalue weighted by Gasteiger charge is 2.17. The Hall–Kier alpha value is -1.36. The van der Waals surface area contributed by atoms with Crippen molar-refractivity contribution in [2.24, 2.45) is 0 Å². The van der Waals surface area contributed by atoms with Crippen LogP contribution in [0.2, 0.25) is 0 Å². The van der Waals surface area contributed by atoms with Gasteiger partial charge in [-0.2, -0.15) is 5.10 Å². The third kappa shape index (κ3) is 3.06. The van der Waals surface area contributed by atoms with E-state index in [0.717, 1.165) is 5.69 Å². The molecule has 0 saturated heterocycles. The topological polar surface area (TPSA) is 67.2 Å². The summed E-state index contributed by atoms with van der Waals surface area (Å²) in [5, 5.41) is 16.2. The maximum Gasteiger partial charge on any atom is 0.320 e. The number of nitrogens with zero attached hydrogens (tertiary/aromatic N) is 2.